The number of carboxylic acids is 1. The number of hydrogen-bond donors (Lipinski definition) is 2. The van der Waals surface area contributed by atoms with Crippen molar-refractivity contribution in [2.45, 2.75) is 6.92 Å². The molecule has 0 aliphatic carbocycles. The molecule has 98 valence electrons. The van der Waals surface area contributed by atoms with Gasteiger partial charge in [-0.25, -0.2) is 4.79 Å². The molecule has 2 rings (SSSR count). The van der Waals surface area contributed by atoms with Crippen molar-refractivity contribution in [3.63, 3.8) is 0 Å². The van der Waals surface area contributed by atoms with E-state index in [1.165, 1.54) is 12.1 Å². The van der Waals surface area contributed by atoms with E-state index in [0.717, 1.165) is 16.9 Å². The van der Waals surface area contributed by atoms with Crippen LogP contribution in [-0.2, 0) is 0 Å². The van der Waals surface area contributed by atoms with Gasteiger partial charge in [0.1, 0.15) is 4.88 Å². The Bertz CT molecular complexity index is 651. The van der Waals surface area contributed by atoms with Crippen molar-refractivity contribution in [3.8, 4) is 0 Å². The van der Waals surface area contributed by atoms with E-state index in [0.29, 0.717) is 15.6 Å². The summed E-state index contributed by atoms with van der Waals surface area (Å²) < 4.78 is 0. The fourth-order valence-electron chi connectivity index (χ4n) is 1.50. The molecule has 1 amide bonds. The van der Waals surface area contributed by atoms with Crippen LogP contribution in [0.1, 0.15) is 24.9 Å². The quantitative estimate of drug-likeness (QED) is 0.908. The van der Waals surface area contributed by atoms with E-state index in [1.54, 1.807) is 12.1 Å². The average molecular weight is 296 g/mol. The van der Waals surface area contributed by atoms with Crippen LogP contribution in [0.3, 0.4) is 0 Å². The first kappa shape index (κ1) is 13.6. The third kappa shape index (κ3) is 2.94. The topological polar surface area (TPSA) is 66.4 Å². The van der Waals surface area contributed by atoms with Gasteiger partial charge < -0.3 is 10.4 Å². The zero-order valence-corrected chi connectivity index (χ0v) is 11.5. The highest BCUT2D eigenvalue weighted by Crippen LogP contribution is 2.26. The summed E-state index contributed by atoms with van der Waals surface area (Å²) in [6.45, 7) is 1.84. The number of nitrogens with one attached hydrogen (secondary N) is 1. The minimum absolute atomic E-state index is 0.125. The number of hydrogen-bond acceptors (Lipinski definition) is 3. The molecule has 1 aromatic carbocycles. The maximum atomic E-state index is 12.0. The molecule has 0 saturated heterocycles. The highest BCUT2D eigenvalue weighted by Gasteiger charge is 2.14. The second-order valence-electron chi connectivity index (χ2n) is 3.86. The van der Waals surface area contributed by atoms with Crippen LogP contribution in [-0.4, -0.2) is 17.0 Å². The predicted molar refractivity (Wildman–Crippen MR) is 75.4 cm³/mol. The molecule has 0 atom stereocenters. The van der Waals surface area contributed by atoms with Crippen molar-refractivity contribution in [2.24, 2.45) is 0 Å². The number of thiophene rings is 1. The van der Waals surface area contributed by atoms with E-state index in [1.807, 2.05) is 13.0 Å². The largest absolute Gasteiger partial charge is 0.477 e. The maximum absolute atomic E-state index is 12.0. The molecule has 4 nitrogen and oxygen atoms in total. The van der Waals surface area contributed by atoms with E-state index >= 15 is 0 Å². The van der Waals surface area contributed by atoms with E-state index in [-0.39, 0.29) is 10.8 Å². The van der Waals surface area contributed by atoms with Gasteiger partial charge in [0.2, 0.25) is 0 Å². The number of anilines is 1. The minimum Gasteiger partial charge on any atom is -0.477 e. The smallest absolute Gasteiger partial charge is 0.345 e. The zero-order valence-electron chi connectivity index (χ0n) is 9.94. The Balaban J connectivity index is 2.21. The number of rotatable bonds is 3. The Labute approximate surface area is 118 Å². The normalized spacial score (nSPS) is 10.2. The molecule has 0 aliphatic heterocycles. The Morgan fingerprint density at radius 2 is 1.89 bits per heavy atom. The summed E-state index contributed by atoms with van der Waals surface area (Å²) in [6, 6.07) is 8.20. The molecule has 0 radical (unpaired) electrons. The van der Waals surface area contributed by atoms with E-state index in [4.69, 9.17) is 16.7 Å². The number of aryl methyl sites for hydroxylation is 1. The van der Waals surface area contributed by atoms with Gasteiger partial charge in [-0.2, -0.15) is 0 Å². The van der Waals surface area contributed by atoms with Gasteiger partial charge in [-0.05, 0) is 30.7 Å². The number of benzene rings is 1. The lowest BCUT2D eigenvalue weighted by atomic mass is 10.2. The van der Waals surface area contributed by atoms with Gasteiger partial charge in [0.05, 0.1) is 15.6 Å². The molecule has 6 heteroatoms. The monoisotopic (exact) mass is 295 g/mol. The van der Waals surface area contributed by atoms with Crippen molar-refractivity contribution in [1.82, 2.24) is 0 Å². The van der Waals surface area contributed by atoms with Crippen LogP contribution in [0.15, 0.2) is 30.3 Å². The summed E-state index contributed by atoms with van der Waals surface area (Å²) in [7, 11) is 0. The van der Waals surface area contributed by atoms with Crippen LogP contribution in [0.4, 0.5) is 5.69 Å². The molecule has 1 aromatic heterocycles. The molecule has 2 N–H and O–H groups in total. The zero-order chi connectivity index (χ0) is 14.0. The molecule has 0 spiro atoms. The standard InChI is InChI=1S/C13H10ClNO3S/c1-7-3-2-4-8(11(7)14)15-12(16)9-5-6-10(19-9)13(17)18/h2-6H,1H3,(H,15,16)(H,17,18). The first-order valence-corrected chi connectivity index (χ1v) is 6.58. The van der Waals surface area contributed by atoms with Crippen LogP contribution in [0.5, 0.6) is 0 Å². The summed E-state index contributed by atoms with van der Waals surface area (Å²) in [6.07, 6.45) is 0. The summed E-state index contributed by atoms with van der Waals surface area (Å²) in [5, 5.41) is 12.0. The van der Waals surface area contributed by atoms with E-state index in [2.05, 4.69) is 5.32 Å². The molecule has 1 heterocycles. The van der Waals surface area contributed by atoms with Crippen LogP contribution in [0.2, 0.25) is 5.02 Å². The van der Waals surface area contributed by atoms with Crippen LogP contribution in [0.25, 0.3) is 0 Å². The van der Waals surface area contributed by atoms with Crippen molar-refractivity contribution < 1.29 is 14.7 Å². The number of aromatic carboxylic acids is 1. The highest BCUT2D eigenvalue weighted by atomic mass is 35.5. The predicted octanol–water partition coefficient (Wildman–Crippen LogP) is 3.66. The lowest BCUT2D eigenvalue weighted by Crippen LogP contribution is -2.10. The number of halogens is 1. The Morgan fingerprint density at radius 3 is 2.53 bits per heavy atom. The lowest BCUT2D eigenvalue weighted by molar-refractivity contribution is 0.0702. The molecule has 0 bridgehead atoms. The van der Waals surface area contributed by atoms with Crippen molar-refractivity contribution in [3.05, 3.63) is 50.7 Å². The molecular formula is C13H10ClNO3S. The van der Waals surface area contributed by atoms with Gasteiger partial charge in [-0.15, -0.1) is 11.3 Å². The summed E-state index contributed by atoms with van der Waals surface area (Å²) in [4.78, 5) is 23.2. The summed E-state index contributed by atoms with van der Waals surface area (Å²) >= 11 is 7.00. The van der Waals surface area contributed by atoms with Gasteiger partial charge in [0.25, 0.3) is 5.91 Å². The molecule has 19 heavy (non-hydrogen) atoms. The molecule has 0 unspecified atom stereocenters. The van der Waals surface area contributed by atoms with Crippen LogP contribution in [0, 0.1) is 6.92 Å². The fourth-order valence-corrected chi connectivity index (χ4v) is 2.42. The van der Waals surface area contributed by atoms with E-state index in [9.17, 15) is 9.59 Å². The molecule has 0 aliphatic rings. The Hall–Kier alpha value is -1.85. The van der Waals surface area contributed by atoms with E-state index < -0.39 is 5.97 Å². The number of carbonyl (C=O) groups is 2. The van der Waals surface area contributed by atoms with Gasteiger partial charge in [0.15, 0.2) is 0 Å². The molecule has 2 aromatic rings. The lowest BCUT2D eigenvalue weighted by Gasteiger charge is -2.07. The van der Waals surface area contributed by atoms with Crippen LogP contribution >= 0.6 is 22.9 Å². The second-order valence-corrected chi connectivity index (χ2v) is 5.32. The SMILES string of the molecule is Cc1cccc(NC(=O)c2ccc(C(=O)O)s2)c1Cl. The first-order valence-electron chi connectivity index (χ1n) is 5.38. The molecule has 0 fully saturated rings. The second kappa shape index (κ2) is 5.42. The van der Waals surface area contributed by atoms with Crippen LogP contribution < -0.4 is 5.32 Å². The third-order valence-corrected chi connectivity index (χ3v) is 4.05. The van der Waals surface area contributed by atoms with Crippen molar-refractivity contribution >= 4 is 40.5 Å². The highest BCUT2D eigenvalue weighted by molar-refractivity contribution is 7.16. The minimum atomic E-state index is -1.04. The average Bonchev–Trinajstić information content (AvgIpc) is 2.84. The fraction of sp³-hybridized carbons (Fsp3) is 0.0769. The number of carboxylic acid groups (broad SMARTS) is 1. The van der Waals surface area contributed by atoms with Gasteiger partial charge in [-0.1, -0.05) is 23.7 Å². The summed E-state index contributed by atoms with van der Waals surface area (Å²) in [5.74, 6) is -1.41. The first-order chi connectivity index (χ1) is 8.99. The molecular weight excluding hydrogens is 286 g/mol. The number of amides is 1. The van der Waals surface area contributed by atoms with Gasteiger partial charge in [-0.3, -0.25) is 4.79 Å². The Kier molecular flexibility index (Phi) is 3.87. The maximum Gasteiger partial charge on any atom is 0.345 e. The summed E-state index contributed by atoms with van der Waals surface area (Å²) in [5.41, 5.74) is 1.37. The molecule has 0 saturated carbocycles. The van der Waals surface area contributed by atoms with Gasteiger partial charge in [0, 0.05) is 0 Å². The Morgan fingerprint density at radius 1 is 1.21 bits per heavy atom. The number of carbonyl (C=O) groups excluding carboxylic acids is 1. The van der Waals surface area contributed by atoms with Crippen molar-refractivity contribution in [2.75, 3.05) is 5.32 Å². The van der Waals surface area contributed by atoms with Gasteiger partial charge >= 0.3 is 5.97 Å². The van der Waals surface area contributed by atoms with Crippen molar-refractivity contribution in [1.29, 1.82) is 0 Å². The third-order valence-electron chi connectivity index (χ3n) is 2.48.